The van der Waals surface area contributed by atoms with E-state index in [2.05, 4.69) is 179 Å². The minimum absolute atomic E-state index is 0.895. The number of fused-ring (bicyclic) bond motifs is 9. The molecular formula is C48H30N2O. The number of hydrogen-bond donors (Lipinski definition) is 0. The van der Waals surface area contributed by atoms with E-state index in [0.717, 1.165) is 38.8 Å². The van der Waals surface area contributed by atoms with Gasteiger partial charge in [-0.05, 0) is 89.0 Å². The molecule has 3 heterocycles. The van der Waals surface area contributed by atoms with Crippen molar-refractivity contribution in [2.24, 2.45) is 0 Å². The van der Waals surface area contributed by atoms with E-state index in [4.69, 9.17) is 4.42 Å². The predicted molar refractivity (Wildman–Crippen MR) is 213 cm³/mol. The molecule has 3 heteroatoms. The summed E-state index contributed by atoms with van der Waals surface area (Å²) in [6, 6.07) is 65.6. The molecule has 0 fully saturated rings. The van der Waals surface area contributed by atoms with E-state index in [1.165, 1.54) is 60.3 Å². The Morgan fingerprint density at radius 2 is 0.804 bits per heavy atom. The third kappa shape index (κ3) is 4.25. The lowest BCUT2D eigenvalue weighted by Gasteiger charge is -2.14. The largest absolute Gasteiger partial charge is 0.456 e. The Balaban J connectivity index is 1.14. The van der Waals surface area contributed by atoms with Crippen LogP contribution in [0.1, 0.15) is 0 Å². The van der Waals surface area contributed by atoms with Crippen molar-refractivity contribution in [1.29, 1.82) is 0 Å². The lowest BCUT2D eigenvalue weighted by atomic mass is 9.96. The number of rotatable bonds is 4. The summed E-state index contributed by atoms with van der Waals surface area (Å²) < 4.78 is 11.1. The fourth-order valence-electron chi connectivity index (χ4n) is 8.19. The first-order valence-electron chi connectivity index (χ1n) is 17.4. The van der Waals surface area contributed by atoms with E-state index in [-0.39, 0.29) is 0 Å². The lowest BCUT2D eigenvalue weighted by Crippen LogP contribution is -1.96. The van der Waals surface area contributed by atoms with Gasteiger partial charge in [-0.1, -0.05) is 109 Å². The number of para-hydroxylation sites is 4. The number of benzene rings is 8. The first kappa shape index (κ1) is 28.0. The minimum atomic E-state index is 0.895. The van der Waals surface area contributed by atoms with Crippen molar-refractivity contribution in [3.63, 3.8) is 0 Å². The predicted octanol–water partition coefficient (Wildman–Crippen LogP) is 13.1. The van der Waals surface area contributed by atoms with Crippen molar-refractivity contribution in [2.75, 3.05) is 0 Å². The molecular weight excluding hydrogens is 621 g/mol. The fourth-order valence-corrected chi connectivity index (χ4v) is 8.19. The van der Waals surface area contributed by atoms with Gasteiger partial charge in [0.1, 0.15) is 11.2 Å². The maximum atomic E-state index is 6.32. The molecule has 0 aliphatic carbocycles. The minimum Gasteiger partial charge on any atom is -0.456 e. The highest BCUT2D eigenvalue weighted by molar-refractivity contribution is 6.12. The lowest BCUT2D eigenvalue weighted by molar-refractivity contribution is 0.668. The zero-order valence-corrected chi connectivity index (χ0v) is 27.6. The normalized spacial score (nSPS) is 11.9. The zero-order valence-electron chi connectivity index (χ0n) is 27.6. The topological polar surface area (TPSA) is 23.0 Å². The maximum absolute atomic E-state index is 6.32. The smallest absolute Gasteiger partial charge is 0.137 e. The van der Waals surface area contributed by atoms with Gasteiger partial charge in [0.25, 0.3) is 0 Å². The van der Waals surface area contributed by atoms with Crippen LogP contribution in [-0.2, 0) is 0 Å². The fraction of sp³-hybridized carbons (Fsp3) is 0. The van der Waals surface area contributed by atoms with Gasteiger partial charge in [-0.2, -0.15) is 0 Å². The van der Waals surface area contributed by atoms with Crippen LogP contribution < -0.4 is 0 Å². The maximum Gasteiger partial charge on any atom is 0.137 e. The molecule has 3 aromatic heterocycles. The Bertz CT molecular complexity index is 3090. The highest BCUT2D eigenvalue weighted by Crippen LogP contribution is 2.40. The molecule has 0 saturated carbocycles. The van der Waals surface area contributed by atoms with Crippen molar-refractivity contribution in [3.05, 3.63) is 182 Å². The SMILES string of the molecule is c1ccc(-c2cc(-c3ccc4c(c3)c3ccccc3n4-c3ccc4c(c3)oc3ccccc34)cc(-n3c4ccccc4c4ccccc43)c2)cc1. The molecule has 0 unspecified atom stereocenters. The zero-order chi connectivity index (χ0) is 33.5. The van der Waals surface area contributed by atoms with Crippen LogP contribution in [0.4, 0.5) is 0 Å². The summed E-state index contributed by atoms with van der Waals surface area (Å²) in [7, 11) is 0. The van der Waals surface area contributed by atoms with Crippen molar-refractivity contribution < 1.29 is 4.42 Å². The van der Waals surface area contributed by atoms with Crippen LogP contribution in [0.15, 0.2) is 186 Å². The average molecular weight is 651 g/mol. The summed E-state index contributed by atoms with van der Waals surface area (Å²) in [5.74, 6) is 0. The third-order valence-corrected chi connectivity index (χ3v) is 10.5. The van der Waals surface area contributed by atoms with E-state index in [1.54, 1.807) is 0 Å². The first-order valence-corrected chi connectivity index (χ1v) is 17.4. The molecule has 0 aliphatic rings. The van der Waals surface area contributed by atoms with Gasteiger partial charge in [0.05, 0.1) is 22.1 Å². The molecule has 0 aliphatic heterocycles. The van der Waals surface area contributed by atoms with Crippen LogP contribution in [-0.4, -0.2) is 9.13 Å². The van der Waals surface area contributed by atoms with Gasteiger partial charge >= 0.3 is 0 Å². The van der Waals surface area contributed by atoms with E-state index in [9.17, 15) is 0 Å². The number of hydrogen-bond acceptors (Lipinski definition) is 1. The molecule has 3 nitrogen and oxygen atoms in total. The van der Waals surface area contributed by atoms with E-state index < -0.39 is 0 Å². The second kappa shape index (κ2) is 10.8. The Morgan fingerprint density at radius 3 is 1.51 bits per heavy atom. The molecule has 238 valence electrons. The molecule has 11 aromatic rings. The van der Waals surface area contributed by atoms with Crippen molar-refractivity contribution in [1.82, 2.24) is 9.13 Å². The van der Waals surface area contributed by atoms with Crippen LogP contribution >= 0.6 is 0 Å². The Hall–Kier alpha value is -6.84. The Labute approximate surface area is 293 Å². The van der Waals surface area contributed by atoms with Crippen LogP contribution in [0.2, 0.25) is 0 Å². The summed E-state index contributed by atoms with van der Waals surface area (Å²) in [6.45, 7) is 0. The number of furan rings is 1. The highest BCUT2D eigenvalue weighted by atomic mass is 16.3. The standard InChI is InChI=1S/C48H30N2O/c1-2-12-31(13-3-1)33-26-34(28-36(27-33)50-43-18-8-4-14-37(43)38-15-5-9-19-44(38)50)32-22-25-46-42(29-32)39-16-6-10-20-45(39)49(46)35-23-24-41-40-17-7-11-21-47(40)51-48(41)30-35/h1-30H. The molecule has 0 radical (unpaired) electrons. The summed E-state index contributed by atoms with van der Waals surface area (Å²) in [4.78, 5) is 0. The van der Waals surface area contributed by atoms with Gasteiger partial charge in [-0.3, -0.25) is 0 Å². The summed E-state index contributed by atoms with van der Waals surface area (Å²) in [5.41, 5.74) is 13.5. The highest BCUT2D eigenvalue weighted by Gasteiger charge is 2.17. The van der Waals surface area contributed by atoms with Crippen LogP contribution in [0, 0.1) is 0 Å². The van der Waals surface area contributed by atoms with E-state index >= 15 is 0 Å². The van der Waals surface area contributed by atoms with Crippen LogP contribution in [0.3, 0.4) is 0 Å². The van der Waals surface area contributed by atoms with Crippen LogP contribution in [0.25, 0.3) is 99.2 Å². The second-order valence-corrected chi connectivity index (χ2v) is 13.4. The summed E-state index contributed by atoms with van der Waals surface area (Å²) in [5, 5.41) is 7.24. The molecule has 8 aromatic carbocycles. The Kier molecular flexibility index (Phi) is 5.96. The molecule has 0 bridgehead atoms. The summed E-state index contributed by atoms with van der Waals surface area (Å²) >= 11 is 0. The van der Waals surface area contributed by atoms with Gasteiger partial charge in [0.15, 0.2) is 0 Å². The molecule has 0 amide bonds. The van der Waals surface area contributed by atoms with E-state index in [0.29, 0.717) is 0 Å². The molecule has 0 spiro atoms. The Morgan fingerprint density at radius 1 is 0.275 bits per heavy atom. The molecule has 11 rings (SSSR count). The molecule has 0 saturated heterocycles. The quantitative estimate of drug-likeness (QED) is 0.186. The van der Waals surface area contributed by atoms with Gasteiger partial charge in [0, 0.05) is 49.8 Å². The average Bonchev–Trinajstić information content (AvgIpc) is 3.85. The first-order chi connectivity index (χ1) is 25.3. The summed E-state index contributed by atoms with van der Waals surface area (Å²) in [6.07, 6.45) is 0. The van der Waals surface area contributed by atoms with Crippen molar-refractivity contribution in [2.45, 2.75) is 0 Å². The monoisotopic (exact) mass is 650 g/mol. The van der Waals surface area contributed by atoms with Gasteiger partial charge in [0.2, 0.25) is 0 Å². The molecule has 0 atom stereocenters. The second-order valence-electron chi connectivity index (χ2n) is 13.4. The van der Waals surface area contributed by atoms with E-state index in [1.807, 2.05) is 12.1 Å². The van der Waals surface area contributed by atoms with Gasteiger partial charge in [-0.25, -0.2) is 0 Å². The van der Waals surface area contributed by atoms with Gasteiger partial charge in [-0.15, -0.1) is 0 Å². The molecule has 0 N–H and O–H groups in total. The number of aromatic nitrogens is 2. The van der Waals surface area contributed by atoms with Crippen molar-refractivity contribution in [3.8, 4) is 33.6 Å². The molecule has 51 heavy (non-hydrogen) atoms. The number of nitrogens with zero attached hydrogens (tertiary/aromatic N) is 2. The van der Waals surface area contributed by atoms with Crippen molar-refractivity contribution >= 4 is 65.6 Å². The van der Waals surface area contributed by atoms with Crippen LogP contribution in [0.5, 0.6) is 0 Å². The van der Waals surface area contributed by atoms with Gasteiger partial charge < -0.3 is 13.6 Å². The third-order valence-electron chi connectivity index (χ3n) is 10.5.